The molecule has 0 saturated heterocycles. The Bertz CT molecular complexity index is 381. The Hall–Kier alpha value is -1.42. The molecule has 0 aliphatic heterocycles. The highest BCUT2D eigenvalue weighted by Crippen LogP contribution is 2.27. The minimum atomic E-state index is -0.141. The predicted molar refractivity (Wildman–Crippen MR) is 78.5 cm³/mol. The molecule has 4 nitrogen and oxygen atoms in total. The van der Waals surface area contributed by atoms with E-state index in [1.807, 2.05) is 26.0 Å². The lowest BCUT2D eigenvalue weighted by Crippen LogP contribution is -2.19. The van der Waals surface area contributed by atoms with Gasteiger partial charge in [-0.15, -0.1) is 0 Å². The summed E-state index contributed by atoms with van der Waals surface area (Å²) in [4.78, 5) is 15.9. The van der Waals surface area contributed by atoms with Crippen molar-refractivity contribution in [3.05, 3.63) is 30.1 Å². The first-order chi connectivity index (χ1) is 9.69. The van der Waals surface area contributed by atoms with Crippen LogP contribution in [0.2, 0.25) is 0 Å². The summed E-state index contributed by atoms with van der Waals surface area (Å²) < 4.78 is 10.4. The average Bonchev–Trinajstić information content (AvgIpc) is 2.49. The fourth-order valence-corrected chi connectivity index (χ4v) is 2.18. The van der Waals surface area contributed by atoms with E-state index in [4.69, 9.17) is 9.47 Å². The van der Waals surface area contributed by atoms with Gasteiger partial charge in [-0.3, -0.25) is 9.78 Å². The molecule has 112 valence electrons. The van der Waals surface area contributed by atoms with Gasteiger partial charge in [0.1, 0.15) is 6.61 Å². The molecule has 0 aromatic carbocycles. The van der Waals surface area contributed by atoms with Gasteiger partial charge in [-0.25, -0.2) is 0 Å². The van der Waals surface area contributed by atoms with Crippen molar-refractivity contribution in [2.24, 2.45) is 5.92 Å². The van der Waals surface area contributed by atoms with Crippen molar-refractivity contribution in [3.63, 3.8) is 0 Å². The summed E-state index contributed by atoms with van der Waals surface area (Å²) in [6.45, 7) is 7.43. The SMILES string of the molecule is CCOCCOC(=O)C(C)CC(CC)c1ccncc1. The van der Waals surface area contributed by atoms with Crippen LogP contribution in [0, 0.1) is 5.92 Å². The van der Waals surface area contributed by atoms with Gasteiger partial charge < -0.3 is 9.47 Å². The van der Waals surface area contributed by atoms with Crippen LogP contribution < -0.4 is 0 Å². The second kappa shape index (κ2) is 9.48. The van der Waals surface area contributed by atoms with Crippen LogP contribution in [0.4, 0.5) is 0 Å². The highest BCUT2D eigenvalue weighted by atomic mass is 16.6. The zero-order valence-corrected chi connectivity index (χ0v) is 12.7. The molecule has 1 rings (SSSR count). The third-order valence-electron chi connectivity index (χ3n) is 3.39. The molecule has 20 heavy (non-hydrogen) atoms. The second-order valence-corrected chi connectivity index (χ2v) is 4.89. The largest absolute Gasteiger partial charge is 0.463 e. The maximum atomic E-state index is 11.9. The molecular formula is C16H25NO3. The Kier molecular flexibility index (Phi) is 7.88. The van der Waals surface area contributed by atoms with E-state index in [1.165, 1.54) is 5.56 Å². The minimum absolute atomic E-state index is 0.102. The van der Waals surface area contributed by atoms with E-state index in [1.54, 1.807) is 12.4 Å². The summed E-state index contributed by atoms with van der Waals surface area (Å²) >= 11 is 0. The van der Waals surface area contributed by atoms with E-state index in [2.05, 4.69) is 11.9 Å². The summed E-state index contributed by atoms with van der Waals surface area (Å²) in [7, 11) is 0. The summed E-state index contributed by atoms with van der Waals surface area (Å²) in [5.41, 5.74) is 1.23. The Balaban J connectivity index is 2.42. The molecule has 0 aliphatic carbocycles. The monoisotopic (exact) mass is 279 g/mol. The highest BCUT2D eigenvalue weighted by molar-refractivity contribution is 5.72. The van der Waals surface area contributed by atoms with E-state index >= 15 is 0 Å². The normalized spacial score (nSPS) is 13.8. The van der Waals surface area contributed by atoms with Crippen LogP contribution in [0.3, 0.4) is 0 Å². The maximum Gasteiger partial charge on any atom is 0.308 e. The number of rotatable bonds is 9. The van der Waals surface area contributed by atoms with Crippen molar-refractivity contribution in [1.29, 1.82) is 0 Å². The average molecular weight is 279 g/mol. The zero-order valence-electron chi connectivity index (χ0n) is 12.7. The summed E-state index contributed by atoms with van der Waals surface area (Å²) in [6, 6.07) is 4.03. The highest BCUT2D eigenvalue weighted by Gasteiger charge is 2.20. The molecule has 0 radical (unpaired) electrons. The topological polar surface area (TPSA) is 48.4 Å². The zero-order chi connectivity index (χ0) is 14.8. The molecule has 0 aliphatic rings. The van der Waals surface area contributed by atoms with Crippen LogP contribution in [0.5, 0.6) is 0 Å². The smallest absolute Gasteiger partial charge is 0.308 e. The van der Waals surface area contributed by atoms with Gasteiger partial charge in [0.2, 0.25) is 0 Å². The van der Waals surface area contributed by atoms with E-state index in [0.717, 1.165) is 12.8 Å². The third kappa shape index (κ3) is 5.70. The maximum absolute atomic E-state index is 11.9. The minimum Gasteiger partial charge on any atom is -0.463 e. The molecule has 2 unspecified atom stereocenters. The quantitative estimate of drug-likeness (QED) is 0.514. The number of pyridine rings is 1. The molecule has 2 atom stereocenters. The third-order valence-corrected chi connectivity index (χ3v) is 3.39. The molecule has 1 aromatic rings. The van der Waals surface area contributed by atoms with Crippen molar-refractivity contribution in [2.45, 2.75) is 39.5 Å². The van der Waals surface area contributed by atoms with Gasteiger partial charge in [-0.1, -0.05) is 13.8 Å². The fraction of sp³-hybridized carbons (Fsp3) is 0.625. The first kappa shape index (κ1) is 16.6. The molecular weight excluding hydrogens is 254 g/mol. The van der Waals surface area contributed by atoms with E-state index < -0.39 is 0 Å². The molecule has 0 saturated carbocycles. The first-order valence-corrected chi connectivity index (χ1v) is 7.33. The number of ether oxygens (including phenoxy) is 2. The van der Waals surface area contributed by atoms with Gasteiger partial charge in [0.15, 0.2) is 0 Å². The summed E-state index contributed by atoms with van der Waals surface area (Å²) in [5, 5.41) is 0. The fourth-order valence-electron chi connectivity index (χ4n) is 2.18. The molecule has 0 spiro atoms. The van der Waals surface area contributed by atoms with Crippen molar-refractivity contribution in [3.8, 4) is 0 Å². The number of nitrogens with zero attached hydrogens (tertiary/aromatic N) is 1. The van der Waals surface area contributed by atoms with Crippen LogP contribution in [0.15, 0.2) is 24.5 Å². The van der Waals surface area contributed by atoms with Crippen LogP contribution in [-0.2, 0) is 14.3 Å². The van der Waals surface area contributed by atoms with E-state index in [-0.39, 0.29) is 11.9 Å². The van der Waals surface area contributed by atoms with Crippen LogP contribution in [0.25, 0.3) is 0 Å². The van der Waals surface area contributed by atoms with Crippen LogP contribution >= 0.6 is 0 Å². The number of carbonyl (C=O) groups is 1. The molecule has 0 N–H and O–H groups in total. The lowest BCUT2D eigenvalue weighted by Gasteiger charge is -2.19. The number of hydrogen-bond donors (Lipinski definition) is 0. The summed E-state index contributed by atoms with van der Waals surface area (Å²) in [5.74, 6) is 0.124. The standard InChI is InChI=1S/C16H25NO3/c1-4-14(15-6-8-17-9-7-15)12-13(3)16(18)20-11-10-19-5-2/h6-9,13-14H,4-5,10-12H2,1-3H3. The lowest BCUT2D eigenvalue weighted by molar-refractivity contribution is -0.149. The van der Waals surface area contributed by atoms with Crippen LogP contribution in [-0.4, -0.2) is 30.8 Å². The summed E-state index contributed by atoms with van der Waals surface area (Å²) in [6.07, 6.45) is 5.39. The number of carbonyl (C=O) groups excluding carboxylic acids is 1. The van der Waals surface area contributed by atoms with Gasteiger partial charge in [0, 0.05) is 19.0 Å². The van der Waals surface area contributed by atoms with Gasteiger partial charge >= 0.3 is 5.97 Å². The predicted octanol–water partition coefficient (Wildman–Crippen LogP) is 3.18. The number of aromatic nitrogens is 1. The van der Waals surface area contributed by atoms with Gasteiger partial charge in [0.25, 0.3) is 0 Å². The van der Waals surface area contributed by atoms with Crippen LogP contribution in [0.1, 0.15) is 45.1 Å². The van der Waals surface area contributed by atoms with Gasteiger partial charge in [-0.05, 0) is 43.4 Å². The molecule has 0 fully saturated rings. The lowest BCUT2D eigenvalue weighted by atomic mass is 9.88. The molecule has 1 aromatic heterocycles. The Morgan fingerprint density at radius 3 is 2.55 bits per heavy atom. The molecule has 1 heterocycles. The Morgan fingerprint density at radius 2 is 1.95 bits per heavy atom. The van der Waals surface area contributed by atoms with Crippen molar-refractivity contribution in [1.82, 2.24) is 4.98 Å². The van der Waals surface area contributed by atoms with Crippen molar-refractivity contribution < 1.29 is 14.3 Å². The Labute approximate surface area is 121 Å². The van der Waals surface area contributed by atoms with Crippen molar-refractivity contribution >= 4 is 5.97 Å². The van der Waals surface area contributed by atoms with E-state index in [0.29, 0.717) is 25.7 Å². The second-order valence-electron chi connectivity index (χ2n) is 4.89. The Morgan fingerprint density at radius 1 is 1.25 bits per heavy atom. The number of hydrogen-bond acceptors (Lipinski definition) is 4. The van der Waals surface area contributed by atoms with Gasteiger partial charge in [-0.2, -0.15) is 0 Å². The molecule has 0 bridgehead atoms. The molecule has 4 heteroatoms. The number of esters is 1. The first-order valence-electron chi connectivity index (χ1n) is 7.33. The van der Waals surface area contributed by atoms with Crippen molar-refractivity contribution in [2.75, 3.05) is 19.8 Å². The molecule has 0 amide bonds. The van der Waals surface area contributed by atoms with E-state index in [9.17, 15) is 4.79 Å². The van der Waals surface area contributed by atoms with Gasteiger partial charge in [0.05, 0.1) is 12.5 Å².